The monoisotopic (exact) mass is 294 g/mol. The van der Waals surface area contributed by atoms with E-state index in [1.165, 1.54) is 24.3 Å². The van der Waals surface area contributed by atoms with Crippen LogP contribution < -0.4 is 10.1 Å². The summed E-state index contributed by atoms with van der Waals surface area (Å²) in [6.07, 6.45) is 1.48. The molecule has 0 aliphatic heterocycles. The predicted octanol–water partition coefficient (Wildman–Crippen LogP) is 2.82. The first kappa shape index (κ1) is 16.5. The lowest BCUT2D eigenvalue weighted by Gasteiger charge is -2.16. The maximum Gasteiger partial charge on any atom is 0.326 e. The largest absolute Gasteiger partial charge is 0.484 e. The van der Waals surface area contributed by atoms with E-state index in [4.69, 9.17) is 9.84 Å². The zero-order valence-electron chi connectivity index (χ0n) is 11.9. The van der Waals surface area contributed by atoms with E-state index in [1.54, 1.807) is 13.8 Å². The molecule has 0 bridgehead atoms. The van der Waals surface area contributed by atoms with E-state index in [9.17, 15) is 14.9 Å². The second kappa shape index (κ2) is 7.28. The van der Waals surface area contributed by atoms with Gasteiger partial charge in [-0.05, 0) is 26.3 Å². The molecule has 0 radical (unpaired) electrons. The number of nitro benzene ring substituents is 1. The predicted molar refractivity (Wildman–Crippen MR) is 78.7 cm³/mol. The summed E-state index contributed by atoms with van der Waals surface area (Å²) >= 11 is 0. The number of carboxylic acids is 1. The van der Waals surface area contributed by atoms with Crippen LogP contribution in [0.1, 0.15) is 20.3 Å². The van der Waals surface area contributed by atoms with Gasteiger partial charge in [0.15, 0.2) is 5.75 Å². The van der Waals surface area contributed by atoms with E-state index in [0.29, 0.717) is 5.69 Å². The van der Waals surface area contributed by atoms with E-state index < -0.39 is 16.9 Å². The van der Waals surface area contributed by atoms with Gasteiger partial charge in [-0.1, -0.05) is 6.08 Å². The summed E-state index contributed by atoms with van der Waals surface area (Å²) in [5, 5.41) is 22.8. The number of nitrogens with one attached hydrogen (secondary N) is 1. The minimum atomic E-state index is -1.03. The zero-order chi connectivity index (χ0) is 16.0. The number of nitrogens with zero attached hydrogens (tertiary/aromatic N) is 1. The summed E-state index contributed by atoms with van der Waals surface area (Å²) < 4.78 is 5.40. The molecule has 21 heavy (non-hydrogen) atoms. The van der Waals surface area contributed by atoms with Crippen molar-refractivity contribution >= 4 is 17.3 Å². The van der Waals surface area contributed by atoms with E-state index in [2.05, 4.69) is 11.9 Å². The van der Waals surface area contributed by atoms with Gasteiger partial charge >= 0.3 is 11.7 Å². The molecule has 7 heteroatoms. The minimum absolute atomic E-state index is 0.0998. The fourth-order valence-electron chi connectivity index (χ4n) is 1.69. The Bertz CT molecular complexity index is 542. The number of carbonyl (C=O) groups is 1. The van der Waals surface area contributed by atoms with Gasteiger partial charge in [0.05, 0.1) is 11.0 Å². The van der Waals surface area contributed by atoms with E-state index in [1.807, 2.05) is 0 Å². The van der Waals surface area contributed by atoms with E-state index in [0.717, 1.165) is 0 Å². The second-order valence-corrected chi connectivity index (χ2v) is 4.67. The van der Waals surface area contributed by atoms with Crippen LogP contribution in [0, 0.1) is 10.1 Å². The molecule has 114 valence electrons. The first-order valence-electron chi connectivity index (χ1n) is 6.40. The molecule has 0 saturated carbocycles. The topological polar surface area (TPSA) is 102 Å². The molecule has 7 nitrogen and oxygen atoms in total. The van der Waals surface area contributed by atoms with Crippen LogP contribution in [-0.2, 0) is 4.79 Å². The Morgan fingerprint density at radius 3 is 2.71 bits per heavy atom. The van der Waals surface area contributed by atoms with Gasteiger partial charge in [-0.15, -0.1) is 6.58 Å². The van der Waals surface area contributed by atoms with Gasteiger partial charge in [0.25, 0.3) is 0 Å². The number of carboxylic acid groups (broad SMARTS) is 1. The van der Waals surface area contributed by atoms with Crippen molar-refractivity contribution in [2.45, 2.75) is 32.4 Å². The molecule has 0 spiro atoms. The van der Waals surface area contributed by atoms with Crippen molar-refractivity contribution in [1.29, 1.82) is 0 Å². The maximum absolute atomic E-state index is 11.1. The number of nitro groups is 1. The smallest absolute Gasteiger partial charge is 0.326 e. The molecule has 0 amide bonds. The Hall–Kier alpha value is -2.57. The molecule has 1 unspecified atom stereocenters. The quantitative estimate of drug-likeness (QED) is 0.434. The third-order valence-corrected chi connectivity index (χ3v) is 2.56. The van der Waals surface area contributed by atoms with Crippen LogP contribution in [0.15, 0.2) is 30.9 Å². The summed E-state index contributed by atoms with van der Waals surface area (Å²) in [7, 11) is 0. The Morgan fingerprint density at radius 1 is 1.57 bits per heavy atom. The fraction of sp³-hybridized carbons (Fsp3) is 0.357. The number of aliphatic carboxylic acids is 1. The lowest BCUT2D eigenvalue weighted by atomic mass is 10.2. The highest BCUT2D eigenvalue weighted by Crippen LogP contribution is 2.31. The van der Waals surface area contributed by atoms with Gasteiger partial charge in [-0.2, -0.15) is 0 Å². The highest BCUT2D eigenvalue weighted by Gasteiger charge is 2.20. The van der Waals surface area contributed by atoms with Crippen LogP contribution in [0.5, 0.6) is 5.75 Å². The molecular formula is C14H18N2O5. The SMILES string of the molecule is C=CCC(Nc1ccc([N+](=O)[O-])c(OC(C)C)c1)C(=O)O. The third-order valence-electron chi connectivity index (χ3n) is 2.56. The Labute approximate surface area is 122 Å². The molecular weight excluding hydrogens is 276 g/mol. The van der Waals surface area contributed by atoms with Gasteiger partial charge in [0, 0.05) is 17.8 Å². The summed E-state index contributed by atoms with van der Waals surface area (Å²) in [6, 6.07) is 3.31. The van der Waals surface area contributed by atoms with Gasteiger partial charge in [-0.25, -0.2) is 4.79 Å². The molecule has 0 aromatic heterocycles. The van der Waals surface area contributed by atoms with Crippen LogP contribution in [0.3, 0.4) is 0 Å². The fourth-order valence-corrected chi connectivity index (χ4v) is 1.69. The molecule has 0 aliphatic rings. The standard InChI is InChI=1S/C14H18N2O5/c1-4-5-11(14(17)18)15-10-6-7-12(16(19)20)13(8-10)21-9(2)3/h4,6-9,11,15H,1,5H2,2-3H3,(H,17,18). The van der Waals surface area contributed by atoms with Crippen molar-refractivity contribution in [2.24, 2.45) is 0 Å². The van der Waals surface area contributed by atoms with Gasteiger partial charge in [-0.3, -0.25) is 10.1 Å². The van der Waals surface area contributed by atoms with Gasteiger partial charge in [0.1, 0.15) is 6.04 Å². The van der Waals surface area contributed by atoms with Crippen molar-refractivity contribution in [3.63, 3.8) is 0 Å². The summed E-state index contributed by atoms with van der Waals surface area (Å²) in [4.78, 5) is 21.5. The number of hydrogen-bond donors (Lipinski definition) is 2. The summed E-state index contributed by atoms with van der Waals surface area (Å²) in [5.74, 6) is -0.928. The highest BCUT2D eigenvalue weighted by molar-refractivity contribution is 5.78. The summed E-state index contributed by atoms with van der Waals surface area (Å²) in [5.41, 5.74) is 0.273. The van der Waals surface area contributed by atoms with Crippen LogP contribution in [-0.4, -0.2) is 28.1 Å². The van der Waals surface area contributed by atoms with Crippen molar-refractivity contribution in [2.75, 3.05) is 5.32 Å². The normalized spacial score (nSPS) is 11.8. The highest BCUT2D eigenvalue weighted by atomic mass is 16.6. The molecule has 0 heterocycles. The van der Waals surface area contributed by atoms with Gasteiger partial charge in [0.2, 0.25) is 0 Å². The molecule has 1 aromatic carbocycles. The first-order chi connectivity index (χ1) is 9.85. The molecule has 0 fully saturated rings. The van der Waals surface area contributed by atoms with E-state index >= 15 is 0 Å². The molecule has 1 atom stereocenters. The molecule has 0 saturated heterocycles. The van der Waals surface area contributed by atoms with Crippen molar-refractivity contribution in [3.05, 3.63) is 41.0 Å². The Morgan fingerprint density at radius 2 is 2.24 bits per heavy atom. The lowest BCUT2D eigenvalue weighted by molar-refractivity contribution is -0.386. The maximum atomic E-state index is 11.1. The van der Waals surface area contributed by atoms with Crippen molar-refractivity contribution < 1.29 is 19.6 Å². The average molecular weight is 294 g/mol. The van der Waals surface area contributed by atoms with Crippen LogP contribution in [0.2, 0.25) is 0 Å². The van der Waals surface area contributed by atoms with Crippen LogP contribution in [0.25, 0.3) is 0 Å². The molecule has 1 aromatic rings. The molecule has 1 rings (SSSR count). The number of ether oxygens (including phenoxy) is 1. The average Bonchev–Trinajstić information content (AvgIpc) is 2.37. The minimum Gasteiger partial charge on any atom is -0.484 e. The number of hydrogen-bond acceptors (Lipinski definition) is 5. The Balaban J connectivity index is 3.06. The molecule has 2 N–H and O–H groups in total. The van der Waals surface area contributed by atoms with Crippen molar-refractivity contribution in [1.82, 2.24) is 0 Å². The molecule has 0 aliphatic carbocycles. The number of rotatable bonds is 8. The van der Waals surface area contributed by atoms with Crippen molar-refractivity contribution in [3.8, 4) is 5.75 Å². The number of benzene rings is 1. The summed E-state index contributed by atoms with van der Waals surface area (Å²) in [6.45, 7) is 7.00. The number of anilines is 1. The van der Waals surface area contributed by atoms with Crippen LogP contribution in [0.4, 0.5) is 11.4 Å². The third kappa shape index (κ3) is 4.79. The van der Waals surface area contributed by atoms with Gasteiger partial charge < -0.3 is 15.2 Å². The Kier molecular flexibility index (Phi) is 5.71. The second-order valence-electron chi connectivity index (χ2n) is 4.67. The first-order valence-corrected chi connectivity index (χ1v) is 6.40. The lowest BCUT2D eigenvalue weighted by Crippen LogP contribution is -2.28. The zero-order valence-corrected chi connectivity index (χ0v) is 11.9. The van der Waals surface area contributed by atoms with E-state index in [-0.39, 0.29) is 24.0 Å². The van der Waals surface area contributed by atoms with Crippen LogP contribution >= 0.6 is 0 Å².